The summed E-state index contributed by atoms with van der Waals surface area (Å²) in [4.78, 5) is 12.2. The fourth-order valence-electron chi connectivity index (χ4n) is 1.13. The van der Waals surface area contributed by atoms with Crippen LogP contribution in [0.3, 0.4) is 0 Å². The SMILES string of the molecule is CC(Br)CCCC(=O)CO[Si](C)(C)C(C)(C)C. The van der Waals surface area contributed by atoms with E-state index >= 15 is 0 Å². The predicted octanol–water partition coefficient (Wildman–Crippen LogP) is 4.53. The highest BCUT2D eigenvalue weighted by atomic mass is 79.9. The lowest BCUT2D eigenvalue weighted by molar-refractivity contribution is -0.121. The summed E-state index contributed by atoms with van der Waals surface area (Å²) in [6.45, 7) is 13.3. The molecule has 0 rings (SSSR count). The first-order chi connectivity index (χ1) is 7.56. The second-order valence-electron chi connectivity index (χ2n) is 6.26. The maximum atomic E-state index is 11.7. The van der Waals surface area contributed by atoms with Gasteiger partial charge in [-0.25, -0.2) is 0 Å². The van der Waals surface area contributed by atoms with Gasteiger partial charge in [-0.05, 0) is 31.0 Å². The highest BCUT2D eigenvalue weighted by molar-refractivity contribution is 9.09. The molecule has 17 heavy (non-hydrogen) atoms. The maximum absolute atomic E-state index is 11.7. The molecule has 0 aromatic carbocycles. The van der Waals surface area contributed by atoms with Crippen molar-refractivity contribution in [1.29, 1.82) is 0 Å². The Morgan fingerprint density at radius 1 is 1.35 bits per heavy atom. The molecule has 0 aliphatic carbocycles. The molecule has 0 bridgehead atoms. The first-order valence-corrected chi connectivity index (χ1v) is 10.2. The molecule has 0 heterocycles. The van der Waals surface area contributed by atoms with Gasteiger partial charge in [0.05, 0.1) is 6.61 Å². The lowest BCUT2D eigenvalue weighted by atomic mass is 10.1. The Balaban J connectivity index is 3.92. The number of Topliss-reactive ketones (excluding diaryl/α,β-unsaturated/α-hetero) is 1. The van der Waals surface area contributed by atoms with E-state index in [0.717, 1.165) is 12.8 Å². The minimum absolute atomic E-state index is 0.178. The monoisotopic (exact) mass is 322 g/mol. The molecule has 0 aromatic rings. The molecule has 0 radical (unpaired) electrons. The van der Waals surface area contributed by atoms with Gasteiger partial charge in [0.1, 0.15) is 0 Å². The molecule has 2 nitrogen and oxygen atoms in total. The molecular weight excluding hydrogens is 296 g/mol. The van der Waals surface area contributed by atoms with Crippen molar-refractivity contribution in [3.05, 3.63) is 0 Å². The number of rotatable bonds is 7. The van der Waals surface area contributed by atoms with Gasteiger partial charge in [0.2, 0.25) is 0 Å². The number of hydrogen-bond acceptors (Lipinski definition) is 2. The molecule has 0 N–H and O–H groups in total. The van der Waals surface area contributed by atoms with Crippen molar-refractivity contribution < 1.29 is 9.22 Å². The Bertz CT molecular complexity index is 244. The first-order valence-electron chi connectivity index (χ1n) is 6.36. The highest BCUT2D eigenvalue weighted by Gasteiger charge is 2.37. The number of carbonyl (C=O) groups excluding carboxylic acids is 1. The standard InChI is InChI=1S/C13H27BrO2Si/c1-11(14)8-7-9-12(15)10-16-17(5,6)13(2,3)4/h11H,7-10H2,1-6H3. The third kappa shape index (κ3) is 7.37. The summed E-state index contributed by atoms with van der Waals surface area (Å²) < 4.78 is 5.89. The summed E-state index contributed by atoms with van der Waals surface area (Å²) in [5.41, 5.74) is 0. The van der Waals surface area contributed by atoms with Crippen molar-refractivity contribution in [3.8, 4) is 0 Å². The summed E-state index contributed by atoms with van der Waals surface area (Å²) in [7, 11) is -1.76. The van der Waals surface area contributed by atoms with Gasteiger partial charge in [-0.3, -0.25) is 4.79 Å². The van der Waals surface area contributed by atoms with E-state index in [4.69, 9.17) is 4.43 Å². The molecule has 0 saturated heterocycles. The molecule has 102 valence electrons. The van der Waals surface area contributed by atoms with Crippen LogP contribution >= 0.6 is 15.9 Å². The van der Waals surface area contributed by atoms with Crippen LogP contribution in [0.5, 0.6) is 0 Å². The Morgan fingerprint density at radius 2 is 1.88 bits per heavy atom. The van der Waals surface area contributed by atoms with E-state index in [0.29, 0.717) is 17.9 Å². The van der Waals surface area contributed by atoms with E-state index in [2.05, 4.69) is 56.7 Å². The van der Waals surface area contributed by atoms with Crippen LogP contribution in [-0.4, -0.2) is 25.5 Å². The van der Waals surface area contributed by atoms with Crippen LogP contribution in [-0.2, 0) is 9.22 Å². The summed E-state index contributed by atoms with van der Waals surface area (Å²) in [6.07, 6.45) is 2.64. The molecule has 0 aliphatic heterocycles. The Kier molecular flexibility index (Phi) is 7.18. The molecule has 0 amide bonds. The van der Waals surface area contributed by atoms with E-state index in [1.54, 1.807) is 0 Å². The van der Waals surface area contributed by atoms with Crippen molar-refractivity contribution in [2.24, 2.45) is 0 Å². The number of hydrogen-bond donors (Lipinski definition) is 0. The fourth-order valence-corrected chi connectivity index (χ4v) is 2.41. The van der Waals surface area contributed by atoms with E-state index in [-0.39, 0.29) is 10.8 Å². The van der Waals surface area contributed by atoms with Crippen molar-refractivity contribution in [3.63, 3.8) is 0 Å². The van der Waals surface area contributed by atoms with Gasteiger partial charge in [0.15, 0.2) is 14.1 Å². The second kappa shape index (κ2) is 7.05. The zero-order valence-electron chi connectivity index (χ0n) is 12.1. The summed E-state index contributed by atoms with van der Waals surface area (Å²) in [5, 5.41) is 0.178. The molecule has 0 saturated carbocycles. The lowest BCUT2D eigenvalue weighted by Crippen LogP contribution is -2.42. The molecule has 0 aromatic heterocycles. The fraction of sp³-hybridized carbons (Fsp3) is 0.923. The van der Waals surface area contributed by atoms with Crippen molar-refractivity contribution >= 4 is 30.0 Å². The van der Waals surface area contributed by atoms with Crippen LogP contribution in [0.25, 0.3) is 0 Å². The van der Waals surface area contributed by atoms with Crippen molar-refractivity contribution in [2.75, 3.05) is 6.61 Å². The Morgan fingerprint density at radius 3 is 2.29 bits per heavy atom. The van der Waals surface area contributed by atoms with E-state index in [9.17, 15) is 4.79 Å². The Hall–Kier alpha value is 0.327. The third-order valence-electron chi connectivity index (χ3n) is 3.46. The number of carbonyl (C=O) groups is 1. The molecule has 1 atom stereocenters. The van der Waals surface area contributed by atoms with Crippen LogP contribution in [0.2, 0.25) is 18.1 Å². The molecular formula is C13H27BrO2Si. The van der Waals surface area contributed by atoms with Crippen LogP contribution in [0.4, 0.5) is 0 Å². The van der Waals surface area contributed by atoms with Gasteiger partial charge >= 0.3 is 0 Å². The van der Waals surface area contributed by atoms with E-state index in [1.165, 1.54) is 0 Å². The molecule has 0 spiro atoms. The predicted molar refractivity (Wildman–Crippen MR) is 80.4 cm³/mol. The number of halogens is 1. The minimum Gasteiger partial charge on any atom is -0.410 e. The largest absolute Gasteiger partial charge is 0.410 e. The quantitative estimate of drug-likeness (QED) is 0.508. The van der Waals surface area contributed by atoms with Crippen LogP contribution < -0.4 is 0 Å². The van der Waals surface area contributed by atoms with Gasteiger partial charge in [-0.1, -0.05) is 43.6 Å². The lowest BCUT2D eigenvalue weighted by Gasteiger charge is -2.35. The average molecular weight is 323 g/mol. The van der Waals surface area contributed by atoms with Crippen molar-refractivity contribution in [1.82, 2.24) is 0 Å². The van der Waals surface area contributed by atoms with Crippen molar-refractivity contribution in [2.45, 2.75) is 69.9 Å². The average Bonchev–Trinajstić information content (AvgIpc) is 2.12. The number of ketones is 1. The second-order valence-corrected chi connectivity index (χ2v) is 12.6. The molecule has 0 aliphatic rings. The van der Waals surface area contributed by atoms with Gasteiger partial charge in [0.25, 0.3) is 0 Å². The molecule has 4 heteroatoms. The van der Waals surface area contributed by atoms with Gasteiger partial charge in [-0.2, -0.15) is 0 Å². The highest BCUT2D eigenvalue weighted by Crippen LogP contribution is 2.36. The smallest absolute Gasteiger partial charge is 0.192 e. The van der Waals surface area contributed by atoms with Crippen LogP contribution in [0, 0.1) is 0 Å². The van der Waals surface area contributed by atoms with E-state index < -0.39 is 8.32 Å². The first kappa shape index (κ1) is 17.3. The number of alkyl halides is 1. The Labute approximate surface area is 116 Å². The van der Waals surface area contributed by atoms with Gasteiger partial charge < -0.3 is 4.43 Å². The van der Waals surface area contributed by atoms with Crippen LogP contribution in [0.15, 0.2) is 0 Å². The normalized spacial score (nSPS) is 14.8. The van der Waals surface area contributed by atoms with Crippen LogP contribution in [0.1, 0.15) is 47.0 Å². The summed E-state index contributed by atoms with van der Waals surface area (Å²) >= 11 is 3.49. The molecule has 0 fully saturated rings. The summed E-state index contributed by atoms with van der Waals surface area (Å²) in [5.74, 6) is 0.239. The third-order valence-corrected chi connectivity index (χ3v) is 8.39. The summed E-state index contributed by atoms with van der Waals surface area (Å²) in [6, 6.07) is 0. The maximum Gasteiger partial charge on any atom is 0.192 e. The van der Waals surface area contributed by atoms with E-state index in [1.807, 2.05) is 0 Å². The van der Waals surface area contributed by atoms with Gasteiger partial charge in [0, 0.05) is 11.2 Å². The topological polar surface area (TPSA) is 26.3 Å². The zero-order valence-corrected chi connectivity index (χ0v) is 14.7. The zero-order chi connectivity index (χ0) is 13.7. The van der Waals surface area contributed by atoms with Gasteiger partial charge in [-0.15, -0.1) is 0 Å². The molecule has 1 unspecified atom stereocenters. The minimum atomic E-state index is -1.76.